The monoisotopic (exact) mass is 472 g/mol. The van der Waals surface area contributed by atoms with Gasteiger partial charge in [0.25, 0.3) is 10.1 Å². The second-order valence-electron chi connectivity index (χ2n) is 7.27. The molecule has 0 aromatic heterocycles. The molecular weight excluding hydrogens is 440 g/mol. The van der Waals surface area contributed by atoms with Gasteiger partial charge in [-0.15, -0.1) is 0 Å². The summed E-state index contributed by atoms with van der Waals surface area (Å²) in [6.07, 6.45) is 1.31. The first-order valence-corrected chi connectivity index (χ1v) is 13.1. The zero-order valence-electron chi connectivity index (χ0n) is 17.5. The van der Waals surface area contributed by atoms with E-state index < -0.39 is 33.3 Å². The molecule has 9 nitrogen and oxygen atoms in total. The molecule has 0 spiro atoms. The maximum atomic E-state index is 12.1. The number of carbonyl (C=O) groups is 3. The van der Waals surface area contributed by atoms with Crippen molar-refractivity contribution < 1.29 is 32.5 Å². The van der Waals surface area contributed by atoms with Crippen LogP contribution in [0.15, 0.2) is 0 Å². The Balaban J connectivity index is 4.53. The highest BCUT2D eigenvalue weighted by molar-refractivity contribution is 8.77. The number of carboxylic acid groups (broad SMARTS) is 1. The molecule has 3 N–H and O–H groups in total. The molecule has 0 aromatic carbocycles. The van der Waals surface area contributed by atoms with Crippen molar-refractivity contribution in [2.75, 3.05) is 19.3 Å². The highest BCUT2D eigenvalue weighted by Crippen LogP contribution is 2.39. The van der Waals surface area contributed by atoms with Crippen molar-refractivity contribution in [3.05, 3.63) is 0 Å². The van der Waals surface area contributed by atoms with Gasteiger partial charge in [-0.2, -0.15) is 8.42 Å². The summed E-state index contributed by atoms with van der Waals surface area (Å²) in [5, 5.41) is 9.95. The largest absolute Gasteiger partial charge is 0.480 e. The van der Waals surface area contributed by atoms with Crippen LogP contribution in [0.1, 0.15) is 53.4 Å². The zero-order chi connectivity index (χ0) is 22.8. The van der Waals surface area contributed by atoms with E-state index >= 15 is 0 Å². The second kappa shape index (κ2) is 12.7. The molecule has 0 aliphatic carbocycles. The highest BCUT2D eigenvalue weighted by atomic mass is 33.1. The van der Waals surface area contributed by atoms with Crippen LogP contribution in [-0.2, 0) is 24.5 Å². The molecular formula is C17H32N2O7S3. The Bertz CT molecular complexity index is 668. The predicted molar refractivity (Wildman–Crippen MR) is 116 cm³/mol. The molecule has 0 rings (SSSR count). The maximum Gasteiger partial charge on any atom is 0.326 e. The molecule has 0 saturated heterocycles. The summed E-state index contributed by atoms with van der Waals surface area (Å²) in [4.78, 5) is 36.2. The Hall–Kier alpha value is -0.980. The van der Waals surface area contributed by atoms with Crippen LogP contribution in [0.25, 0.3) is 0 Å². The summed E-state index contributed by atoms with van der Waals surface area (Å²) < 4.78 is 31.9. The molecule has 0 saturated carbocycles. The van der Waals surface area contributed by atoms with Gasteiger partial charge in [-0.3, -0.25) is 14.1 Å². The summed E-state index contributed by atoms with van der Waals surface area (Å²) in [5.74, 6) is -1.72. The molecule has 0 aliphatic rings. The standard InChI is InChI=1S/C17H32N2O7S3/c1-6-10-18-15(21)13(29(24,25)26)8-11-27-28-17(3,4)9-7-14(20)19(5)12(2)16(22)23/h12-13H,6-11H2,1-5H3,(H,18,21)(H,22,23)(H,24,25,26)/t12-,13?/m0/s1. The first-order valence-electron chi connectivity index (χ1n) is 9.26. The molecule has 2 atom stereocenters. The number of likely N-dealkylation sites (N-methyl/N-ethyl adjacent to an activating group) is 1. The van der Waals surface area contributed by atoms with E-state index in [1.807, 2.05) is 20.8 Å². The number of hydrogen-bond acceptors (Lipinski definition) is 7. The number of amides is 2. The Morgan fingerprint density at radius 2 is 1.83 bits per heavy atom. The fourth-order valence-corrected chi connectivity index (χ4v) is 5.73. The second-order valence-corrected chi connectivity index (χ2v) is 12.0. The lowest BCUT2D eigenvalue weighted by molar-refractivity contribution is -0.148. The van der Waals surface area contributed by atoms with Crippen LogP contribution in [0.5, 0.6) is 0 Å². The fraction of sp³-hybridized carbons (Fsp3) is 0.824. The zero-order valence-corrected chi connectivity index (χ0v) is 20.0. The van der Waals surface area contributed by atoms with Crippen molar-refractivity contribution in [1.29, 1.82) is 0 Å². The fourth-order valence-electron chi connectivity index (χ4n) is 2.14. The highest BCUT2D eigenvalue weighted by Gasteiger charge is 2.31. The molecule has 0 bridgehead atoms. The van der Waals surface area contributed by atoms with Crippen LogP contribution in [0.4, 0.5) is 0 Å². The van der Waals surface area contributed by atoms with Crippen LogP contribution < -0.4 is 5.32 Å². The summed E-state index contributed by atoms with van der Waals surface area (Å²) >= 11 is 0. The van der Waals surface area contributed by atoms with E-state index in [-0.39, 0.29) is 23.5 Å². The van der Waals surface area contributed by atoms with Crippen molar-refractivity contribution in [3.63, 3.8) is 0 Å². The van der Waals surface area contributed by atoms with E-state index in [9.17, 15) is 27.4 Å². The molecule has 12 heteroatoms. The Kier molecular flexibility index (Phi) is 12.2. The molecule has 0 radical (unpaired) electrons. The van der Waals surface area contributed by atoms with Crippen molar-refractivity contribution in [2.45, 2.75) is 69.4 Å². The van der Waals surface area contributed by atoms with Gasteiger partial charge >= 0.3 is 5.97 Å². The third-order valence-corrected chi connectivity index (χ3v) is 8.77. The van der Waals surface area contributed by atoms with E-state index in [0.29, 0.717) is 25.1 Å². The van der Waals surface area contributed by atoms with Gasteiger partial charge in [-0.1, -0.05) is 28.5 Å². The van der Waals surface area contributed by atoms with Gasteiger partial charge in [-0.05, 0) is 40.0 Å². The Labute approximate surface area is 180 Å². The minimum absolute atomic E-state index is 0.0279. The van der Waals surface area contributed by atoms with Crippen LogP contribution in [-0.4, -0.2) is 76.1 Å². The van der Waals surface area contributed by atoms with E-state index in [4.69, 9.17) is 5.11 Å². The van der Waals surface area contributed by atoms with E-state index in [0.717, 1.165) is 0 Å². The topological polar surface area (TPSA) is 141 Å². The van der Waals surface area contributed by atoms with Gasteiger partial charge in [0.15, 0.2) is 5.25 Å². The van der Waals surface area contributed by atoms with E-state index in [1.54, 1.807) is 0 Å². The molecule has 29 heavy (non-hydrogen) atoms. The van der Waals surface area contributed by atoms with Crippen molar-refractivity contribution in [3.8, 4) is 0 Å². The number of nitrogens with zero attached hydrogens (tertiary/aromatic N) is 1. The average molecular weight is 473 g/mol. The molecule has 0 aliphatic heterocycles. The molecule has 0 fully saturated rings. The van der Waals surface area contributed by atoms with Gasteiger partial charge in [0, 0.05) is 30.5 Å². The van der Waals surface area contributed by atoms with Crippen LogP contribution in [0.2, 0.25) is 0 Å². The number of carbonyl (C=O) groups excluding carboxylic acids is 2. The lowest BCUT2D eigenvalue weighted by Crippen LogP contribution is -2.40. The summed E-state index contributed by atoms with van der Waals surface area (Å²) in [6, 6.07) is -0.899. The Morgan fingerprint density at radius 3 is 2.31 bits per heavy atom. The van der Waals surface area contributed by atoms with Gasteiger partial charge in [-0.25, -0.2) is 4.79 Å². The van der Waals surface area contributed by atoms with Gasteiger partial charge in [0.1, 0.15) is 6.04 Å². The normalized spacial score (nSPS) is 14.1. The van der Waals surface area contributed by atoms with Gasteiger partial charge in [0.2, 0.25) is 11.8 Å². The third-order valence-electron chi connectivity index (χ3n) is 4.22. The number of nitrogens with one attached hydrogen (secondary N) is 1. The van der Waals surface area contributed by atoms with Gasteiger partial charge in [0.05, 0.1) is 0 Å². The van der Waals surface area contributed by atoms with Crippen molar-refractivity contribution in [2.24, 2.45) is 0 Å². The molecule has 1 unspecified atom stereocenters. The SMILES string of the molecule is CCCNC(=O)C(CCSSC(C)(C)CCC(=O)N(C)[C@@H](C)C(=O)O)S(=O)(=O)O. The smallest absolute Gasteiger partial charge is 0.326 e. The number of aliphatic carboxylic acids is 1. The quantitative estimate of drug-likeness (QED) is 0.197. The first-order chi connectivity index (χ1) is 13.2. The van der Waals surface area contributed by atoms with E-state index in [1.165, 1.54) is 40.5 Å². The number of rotatable bonds is 14. The summed E-state index contributed by atoms with van der Waals surface area (Å²) in [5.41, 5.74) is 0. The molecule has 0 heterocycles. The minimum atomic E-state index is -4.49. The lowest BCUT2D eigenvalue weighted by atomic mass is 10.1. The average Bonchev–Trinajstić information content (AvgIpc) is 2.61. The molecule has 0 aromatic rings. The van der Waals surface area contributed by atoms with E-state index in [2.05, 4.69) is 5.32 Å². The summed E-state index contributed by atoms with van der Waals surface area (Å²) in [7, 11) is -0.226. The minimum Gasteiger partial charge on any atom is -0.480 e. The molecule has 2 amide bonds. The van der Waals surface area contributed by atoms with Crippen LogP contribution in [0, 0.1) is 0 Å². The third kappa shape index (κ3) is 11.1. The van der Waals surface area contributed by atoms with Crippen molar-refractivity contribution in [1.82, 2.24) is 10.2 Å². The lowest BCUT2D eigenvalue weighted by Gasteiger charge is -2.26. The summed E-state index contributed by atoms with van der Waals surface area (Å²) in [6.45, 7) is 7.46. The maximum absolute atomic E-state index is 12.1. The van der Waals surface area contributed by atoms with Crippen LogP contribution in [0.3, 0.4) is 0 Å². The van der Waals surface area contributed by atoms with Crippen molar-refractivity contribution >= 4 is 49.5 Å². The number of hydrogen-bond donors (Lipinski definition) is 3. The molecule has 170 valence electrons. The predicted octanol–water partition coefficient (Wildman–Crippen LogP) is 2.03. The number of carboxylic acids is 1. The first kappa shape index (κ1) is 28.0. The Morgan fingerprint density at radius 1 is 1.24 bits per heavy atom. The van der Waals surface area contributed by atoms with Crippen LogP contribution >= 0.6 is 21.6 Å². The van der Waals surface area contributed by atoms with Gasteiger partial charge < -0.3 is 15.3 Å².